The summed E-state index contributed by atoms with van der Waals surface area (Å²) in [6.07, 6.45) is 1.39. The molecule has 0 bridgehead atoms. The highest BCUT2D eigenvalue weighted by Crippen LogP contribution is 2.37. The molecule has 3 heterocycles. The van der Waals surface area contributed by atoms with Gasteiger partial charge in [0.1, 0.15) is 5.69 Å². The van der Waals surface area contributed by atoms with Crippen LogP contribution in [0.3, 0.4) is 0 Å². The van der Waals surface area contributed by atoms with Crippen LogP contribution >= 0.6 is 9.39 Å². The van der Waals surface area contributed by atoms with Crippen molar-refractivity contribution in [2.24, 2.45) is 11.1 Å². The van der Waals surface area contributed by atoms with E-state index in [0.29, 0.717) is 39.0 Å². The first-order valence-electron chi connectivity index (χ1n) is 10.1. The molecule has 0 amide bonds. The van der Waals surface area contributed by atoms with Gasteiger partial charge in [-0.2, -0.15) is 0 Å². The van der Waals surface area contributed by atoms with Crippen molar-refractivity contribution in [3.05, 3.63) is 54.9 Å². The molecule has 1 unspecified atom stereocenters. The van der Waals surface area contributed by atoms with E-state index in [4.69, 9.17) is 15.1 Å². The van der Waals surface area contributed by atoms with E-state index in [2.05, 4.69) is 28.6 Å². The number of hydrogen-bond acceptors (Lipinski definition) is 6. The summed E-state index contributed by atoms with van der Waals surface area (Å²) in [5, 5.41) is 9.87. The fraction of sp³-hybridized carbons (Fsp3) is 0.261. The van der Waals surface area contributed by atoms with Gasteiger partial charge in [-0.25, -0.2) is 23.7 Å². The van der Waals surface area contributed by atoms with Crippen molar-refractivity contribution >= 4 is 49.4 Å². The van der Waals surface area contributed by atoms with Crippen LogP contribution in [0, 0.1) is 5.92 Å². The molecular formula is C23H26F2N6S. The van der Waals surface area contributed by atoms with Gasteiger partial charge >= 0.3 is 0 Å². The number of alkyl halides is 2. The highest BCUT2D eigenvalue weighted by Gasteiger charge is 2.42. The minimum Gasteiger partial charge on any atom is -0.354 e. The second kappa shape index (κ2) is 8.14. The third kappa shape index (κ3) is 4.44. The third-order valence-corrected chi connectivity index (χ3v) is 6.57. The molecule has 3 aromatic rings. The van der Waals surface area contributed by atoms with Gasteiger partial charge < -0.3 is 10.2 Å². The van der Waals surface area contributed by atoms with E-state index < -0.39 is 21.2 Å². The molecule has 4 rings (SSSR count). The van der Waals surface area contributed by atoms with Gasteiger partial charge in [0.25, 0.3) is 5.92 Å². The molecule has 2 aromatic heterocycles. The lowest BCUT2D eigenvalue weighted by Crippen LogP contribution is -2.46. The van der Waals surface area contributed by atoms with Crippen LogP contribution in [-0.2, 0) is 0 Å². The predicted octanol–water partition coefficient (Wildman–Crippen LogP) is 4.49. The number of benzene rings is 1. The molecule has 32 heavy (non-hydrogen) atoms. The zero-order valence-electron chi connectivity index (χ0n) is 17.9. The Labute approximate surface area is 186 Å². The Morgan fingerprint density at radius 2 is 1.91 bits per heavy atom. The molecule has 1 aromatic carbocycles. The van der Waals surface area contributed by atoms with Crippen LogP contribution in [0.5, 0.6) is 0 Å². The molecule has 1 atom stereocenters. The summed E-state index contributed by atoms with van der Waals surface area (Å²) in [7, 11) is -1.99. The standard InChI is InChI=1S/C23H26F2N6S/c1-15-14-31(12-10-23(15,24)25)22-21(29-18-7-5-6-8-19(18)30-22)16(2)28-17-9-11-27-20(13-17)32(3,4)26/h5-9,11,13,15H,2-4,10,12,14,26H2,1H3,(H,27,28). The van der Waals surface area contributed by atoms with Crippen LogP contribution in [0.1, 0.15) is 19.0 Å². The quantitative estimate of drug-likeness (QED) is 0.551. The average Bonchev–Trinajstić information content (AvgIpc) is 2.74. The number of nitrogens with zero attached hydrogens (tertiary/aromatic N) is 4. The molecule has 3 N–H and O–H groups in total. The topological polar surface area (TPSA) is 80.0 Å². The average molecular weight is 457 g/mol. The summed E-state index contributed by atoms with van der Waals surface area (Å²) < 4.78 is 28.2. The van der Waals surface area contributed by atoms with Gasteiger partial charge in [0.15, 0.2) is 5.82 Å². The van der Waals surface area contributed by atoms with Crippen LogP contribution in [0.4, 0.5) is 20.3 Å². The Balaban J connectivity index is 1.73. The number of piperidine rings is 1. The second-order valence-electron chi connectivity index (χ2n) is 8.17. The van der Waals surface area contributed by atoms with Gasteiger partial charge in [-0.15, -0.1) is 9.39 Å². The van der Waals surface area contributed by atoms with Gasteiger partial charge in [0.05, 0.1) is 21.8 Å². The molecule has 168 valence electrons. The number of hydrogen-bond donors (Lipinski definition) is 2. The number of pyridine rings is 1. The summed E-state index contributed by atoms with van der Waals surface area (Å²) in [4.78, 5) is 15.7. The van der Waals surface area contributed by atoms with Crippen molar-refractivity contribution in [3.63, 3.8) is 0 Å². The maximum atomic E-state index is 14.1. The second-order valence-corrected chi connectivity index (χ2v) is 10.5. The fourth-order valence-corrected chi connectivity index (χ4v) is 4.27. The van der Waals surface area contributed by atoms with Crippen LogP contribution in [-0.4, -0.2) is 45.7 Å². The van der Waals surface area contributed by atoms with Crippen molar-refractivity contribution in [1.82, 2.24) is 15.0 Å². The molecule has 0 saturated carbocycles. The van der Waals surface area contributed by atoms with E-state index >= 15 is 0 Å². The van der Waals surface area contributed by atoms with Gasteiger partial charge in [0, 0.05) is 37.3 Å². The van der Waals surface area contributed by atoms with Crippen LogP contribution in [0.2, 0.25) is 0 Å². The molecule has 0 radical (unpaired) electrons. The summed E-state index contributed by atoms with van der Waals surface area (Å²) >= 11 is 0. The molecule has 9 heteroatoms. The summed E-state index contributed by atoms with van der Waals surface area (Å²) in [5.74, 6) is 4.84. The molecule has 0 spiro atoms. The van der Waals surface area contributed by atoms with Gasteiger partial charge in [-0.1, -0.05) is 37.4 Å². The predicted molar refractivity (Wildman–Crippen MR) is 132 cm³/mol. The normalized spacial score (nSPS) is 18.5. The van der Waals surface area contributed by atoms with Crippen molar-refractivity contribution in [2.75, 3.05) is 23.3 Å². The summed E-state index contributed by atoms with van der Waals surface area (Å²) in [6, 6.07) is 11.0. The molecule has 0 aliphatic carbocycles. The molecular weight excluding hydrogens is 430 g/mol. The number of para-hydroxylation sites is 2. The third-order valence-electron chi connectivity index (χ3n) is 5.51. The molecule has 1 aliphatic rings. The number of nitrogens with two attached hydrogens (primary N) is 1. The SMILES string of the molecule is C=C(Nc1ccnc(S(=C)(=C)N)c1)c1nc2ccccc2nc1N1CCC(F)(F)C(C)C1. The lowest BCUT2D eigenvalue weighted by Gasteiger charge is -2.38. The first-order chi connectivity index (χ1) is 15.0. The molecule has 1 saturated heterocycles. The van der Waals surface area contributed by atoms with Gasteiger partial charge in [0.2, 0.25) is 0 Å². The van der Waals surface area contributed by atoms with Gasteiger partial charge in [-0.3, -0.25) is 5.14 Å². The number of fused-ring (bicyclic) bond motifs is 1. The Morgan fingerprint density at radius 3 is 2.56 bits per heavy atom. The minimum absolute atomic E-state index is 0.182. The van der Waals surface area contributed by atoms with E-state index in [1.807, 2.05) is 29.2 Å². The van der Waals surface area contributed by atoms with E-state index in [9.17, 15) is 8.78 Å². The lowest BCUT2D eigenvalue weighted by molar-refractivity contribution is -0.0652. The van der Waals surface area contributed by atoms with E-state index in [0.717, 1.165) is 0 Å². The van der Waals surface area contributed by atoms with Crippen molar-refractivity contribution in [1.29, 1.82) is 0 Å². The first kappa shape index (κ1) is 22.2. The van der Waals surface area contributed by atoms with Crippen molar-refractivity contribution < 1.29 is 8.78 Å². The fourth-order valence-electron chi connectivity index (χ4n) is 3.63. The number of halogens is 2. The Morgan fingerprint density at radius 1 is 1.22 bits per heavy atom. The molecule has 1 fully saturated rings. The zero-order chi connectivity index (χ0) is 23.1. The van der Waals surface area contributed by atoms with Crippen LogP contribution < -0.4 is 15.4 Å². The monoisotopic (exact) mass is 456 g/mol. The highest BCUT2D eigenvalue weighted by molar-refractivity contribution is 8.25. The maximum Gasteiger partial charge on any atom is 0.254 e. The largest absolute Gasteiger partial charge is 0.354 e. The highest BCUT2D eigenvalue weighted by atomic mass is 32.2. The van der Waals surface area contributed by atoms with E-state index in [-0.39, 0.29) is 19.5 Å². The molecule has 1 aliphatic heterocycles. The smallest absolute Gasteiger partial charge is 0.254 e. The summed E-state index contributed by atoms with van der Waals surface area (Å²) in [6.45, 7) is 6.09. The number of nitrogens with one attached hydrogen (secondary N) is 1. The van der Waals surface area contributed by atoms with E-state index in [1.54, 1.807) is 25.3 Å². The Kier molecular flexibility index (Phi) is 5.64. The van der Waals surface area contributed by atoms with Crippen molar-refractivity contribution in [2.45, 2.75) is 24.3 Å². The van der Waals surface area contributed by atoms with Crippen LogP contribution in [0.15, 0.2) is 54.2 Å². The first-order valence-corrected chi connectivity index (χ1v) is 12.2. The summed E-state index contributed by atoms with van der Waals surface area (Å²) in [5.41, 5.74) is 3.09. The Bertz CT molecular complexity index is 1290. The maximum absolute atomic E-state index is 14.1. The van der Waals surface area contributed by atoms with E-state index in [1.165, 1.54) is 0 Å². The Hall–Kier alpha value is -3.04. The number of anilines is 2. The minimum atomic E-state index is -2.69. The van der Waals surface area contributed by atoms with Crippen LogP contribution in [0.25, 0.3) is 16.7 Å². The zero-order valence-corrected chi connectivity index (χ0v) is 18.7. The van der Waals surface area contributed by atoms with Crippen molar-refractivity contribution in [3.8, 4) is 0 Å². The van der Waals surface area contributed by atoms with Gasteiger partial charge in [-0.05, 0) is 24.3 Å². The number of rotatable bonds is 5. The lowest BCUT2D eigenvalue weighted by atomic mass is 9.95. The molecule has 6 nitrogen and oxygen atoms in total. The number of aromatic nitrogens is 3.